The third kappa shape index (κ3) is 5.53. The van der Waals surface area contributed by atoms with Crippen molar-refractivity contribution < 1.29 is 4.42 Å². The third-order valence-corrected chi connectivity index (χ3v) is 13.0. The van der Waals surface area contributed by atoms with Crippen LogP contribution in [0.1, 0.15) is 0 Å². The second-order valence-electron chi connectivity index (χ2n) is 16.4. The number of anilines is 3. The van der Waals surface area contributed by atoms with E-state index < -0.39 is 0 Å². The van der Waals surface area contributed by atoms with Crippen LogP contribution in [0.15, 0.2) is 235 Å². The summed E-state index contributed by atoms with van der Waals surface area (Å²) in [5.74, 6) is 0. The van der Waals surface area contributed by atoms with Crippen LogP contribution in [-0.2, 0) is 0 Å². The molecule has 2 aromatic heterocycles. The first-order chi connectivity index (χ1) is 31.3. The molecule has 63 heavy (non-hydrogen) atoms. The fourth-order valence-electron chi connectivity index (χ4n) is 10.1. The Morgan fingerprint density at radius 3 is 1.70 bits per heavy atom. The standard InChI is InChI=1S/C60H38N2O/c1-3-16-45-40(14-1)28-29-43-38-42(33-36-46(43)45)39-30-34-44(35-31-39)61(56-25-11-12-26-57(56)62-54-23-9-5-18-48(54)49-19-6-10-24-55(49)62)53-22-8-7-20-50(53)51-21-13-27-58-59(51)52-37-32-41-15-2-4-17-47(41)60(52)63-58/h1-38H. The molecule has 13 rings (SSSR count). The number of benzene rings is 11. The second kappa shape index (κ2) is 14.1. The summed E-state index contributed by atoms with van der Waals surface area (Å²) >= 11 is 0. The highest BCUT2D eigenvalue weighted by atomic mass is 16.3. The van der Waals surface area contributed by atoms with Gasteiger partial charge in [0.1, 0.15) is 11.2 Å². The molecule has 0 amide bonds. The highest BCUT2D eigenvalue weighted by Crippen LogP contribution is 2.48. The minimum Gasteiger partial charge on any atom is -0.455 e. The molecule has 0 aliphatic heterocycles. The Morgan fingerprint density at radius 1 is 0.349 bits per heavy atom. The summed E-state index contributed by atoms with van der Waals surface area (Å²) in [7, 11) is 0. The Morgan fingerprint density at radius 2 is 0.905 bits per heavy atom. The average Bonchev–Trinajstić information content (AvgIpc) is 3.91. The smallest absolute Gasteiger partial charge is 0.143 e. The summed E-state index contributed by atoms with van der Waals surface area (Å²) in [5.41, 5.74) is 13.0. The Kier molecular flexibility index (Phi) is 7.91. The van der Waals surface area contributed by atoms with Gasteiger partial charge in [0.25, 0.3) is 0 Å². The lowest BCUT2D eigenvalue weighted by Crippen LogP contribution is -2.14. The van der Waals surface area contributed by atoms with Gasteiger partial charge in [0.05, 0.1) is 28.1 Å². The van der Waals surface area contributed by atoms with E-state index in [1.54, 1.807) is 0 Å². The first-order valence-corrected chi connectivity index (χ1v) is 21.6. The number of nitrogens with zero attached hydrogens (tertiary/aromatic N) is 2. The van der Waals surface area contributed by atoms with E-state index in [-0.39, 0.29) is 0 Å². The fraction of sp³-hybridized carbons (Fsp3) is 0. The topological polar surface area (TPSA) is 21.3 Å². The normalized spacial score (nSPS) is 11.8. The number of hydrogen-bond acceptors (Lipinski definition) is 2. The summed E-state index contributed by atoms with van der Waals surface area (Å²) in [6, 6.07) is 83.6. The van der Waals surface area contributed by atoms with Gasteiger partial charge in [0.2, 0.25) is 0 Å². The van der Waals surface area contributed by atoms with Crippen LogP contribution in [0, 0.1) is 0 Å². The quantitative estimate of drug-likeness (QED) is 0.156. The van der Waals surface area contributed by atoms with E-state index in [2.05, 4.69) is 240 Å². The van der Waals surface area contributed by atoms with Gasteiger partial charge in [-0.2, -0.15) is 0 Å². The molecule has 0 fully saturated rings. The molecule has 0 bridgehead atoms. The van der Waals surface area contributed by atoms with Crippen molar-refractivity contribution in [3.63, 3.8) is 0 Å². The van der Waals surface area contributed by atoms with Crippen molar-refractivity contribution >= 4 is 93.1 Å². The molecule has 0 aliphatic carbocycles. The fourth-order valence-corrected chi connectivity index (χ4v) is 10.1. The molecule has 0 radical (unpaired) electrons. The summed E-state index contributed by atoms with van der Waals surface area (Å²) in [6.45, 7) is 0. The summed E-state index contributed by atoms with van der Waals surface area (Å²) in [6.07, 6.45) is 0. The maximum Gasteiger partial charge on any atom is 0.143 e. The predicted octanol–water partition coefficient (Wildman–Crippen LogP) is 16.9. The minimum absolute atomic E-state index is 0.874. The average molecular weight is 803 g/mol. The maximum atomic E-state index is 6.73. The van der Waals surface area contributed by atoms with Gasteiger partial charge < -0.3 is 13.9 Å². The van der Waals surface area contributed by atoms with Crippen LogP contribution in [0.4, 0.5) is 17.1 Å². The molecule has 3 nitrogen and oxygen atoms in total. The number of fused-ring (bicyclic) bond motifs is 11. The van der Waals surface area contributed by atoms with E-state index >= 15 is 0 Å². The first-order valence-electron chi connectivity index (χ1n) is 21.6. The largest absolute Gasteiger partial charge is 0.455 e. The van der Waals surface area contributed by atoms with Gasteiger partial charge in [-0.3, -0.25) is 0 Å². The monoisotopic (exact) mass is 802 g/mol. The zero-order valence-electron chi connectivity index (χ0n) is 34.2. The van der Waals surface area contributed by atoms with Gasteiger partial charge in [0, 0.05) is 38.2 Å². The van der Waals surface area contributed by atoms with Gasteiger partial charge in [-0.15, -0.1) is 0 Å². The highest BCUT2D eigenvalue weighted by Gasteiger charge is 2.24. The molecule has 11 aromatic carbocycles. The van der Waals surface area contributed by atoms with Gasteiger partial charge >= 0.3 is 0 Å². The number of hydrogen-bond donors (Lipinski definition) is 0. The highest BCUT2D eigenvalue weighted by molar-refractivity contribution is 6.20. The zero-order valence-corrected chi connectivity index (χ0v) is 34.2. The lowest BCUT2D eigenvalue weighted by Gasteiger charge is -2.30. The molecule has 294 valence electrons. The minimum atomic E-state index is 0.874. The van der Waals surface area contributed by atoms with E-state index in [1.165, 1.54) is 59.9 Å². The lowest BCUT2D eigenvalue weighted by atomic mass is 9.95. The molecule has 0 atom stereocenters. The Balaban J connectivity index is 1.04. The number of aromatic nitrogens is 1. The third-order valence-electron chi connectivity index (χ3n) is 13.0. The molecular formula is C60H38N2O. The Labute approximate surface area is 363 Å². The van der Waals surface area contributed by atoms with Crippen LogP contribution in [0.3, 0.4) is 0 Å². The van der Waals surface area contributed by atoms with Crippen LogP contribution in [0.25, 0.3) is 104 Å². The molecule has 13 aromatic rings. The van der Waals surface area contributed by atoms with Crippen molar-refractivity contribution in [1.29, 1.82) is 0 Å². The second-order valence-corrected chi connectivity index (χ2v) is 16.4. The van der Waals surface area contributed by atoms with Crippen LogP contribution >= 0.6 is 0 Å². The van der Waals surface area contributed by atoms with Gasteiger partial charge in [0.15, 0.2) is 0 Å². The van der Waals surface area contributed by atoms with Crippen LogP contribution < -0.4 is 4.90 Å². The van der Waals surface area contributed by atoms with Crippen LogP contribution in [-0.4, -0.2) is 4.57 Å². The zero-order chi connectivity index (χ0) is 41.4. The van der Waals surface area contributed by atoms with Gasteiger partial charge in [-0.1, -0.05) is 170 Å². The Bertz CT molecular complexity index is 3870. The van der Waals surface area contributed by atoms with E-state index in [1.807, 2.05) is 0 Å². The predicted molar refractivity (Wildman–Crippen MR) is 266 cm³/mol. The number of para-hydroxylation sites is 5. The van der Waals surface area contributed by atoms with E-state index in [4.69, 9.17) is 4.42 Å². The maximum absolute atomic E-state index is 6.73. The molecule has 0 unspecified atom stereocenters. The van der Waals surface area contributed by atoms with Crippen molar-refractivity contribution in [3.05, 3.63) is 231 Å². The van der Waals surface area contributed by atoms with Crippen LogP contribution in [0.5, 0.6) is 0 Å². The van der Waals surface area contributed by atoms with E-state index in [0.29, 0.717) is 0 Å². The SMILES string of the molecule is c1ccc(N(c2ccc(-c3ccc4c(ccc5ccccc54)c3)cc2)c2ccccc2-n2c3ccccc3c3ccccc32)c(-c2cccc3oc4c5ccccc5ccc4c23)c1. The van der Waals surface area contributed by atoms with Gasteiger partial charge in [-0.25, -0.2) is 0 Å². The van der Waals surface area contributed by atoms with Crippen molar-refractivity contribution in [2.75, 3.05) is 4.90 Å². The summed E-state index contributed by atoms with van der Waals surface area (Å²) < 4.78 is 9.16. The first kappa shape index (κ1) is 35.4. The molecule has 0 saturated heterocycles. The molecular weight excluding hydrogens is 765 g/mol. The summed E-state index contributed by atoms with van der Waals surface area (Å²) in [4.78, 5) is 2.45. The van der Waals surface area contributed by atoms with Crippen molar-refractivity contribution in [2.45, 2.75) is 0 Å². The molecule has 0 aliphatic rings. The van der Waals surface area contributed by atoms with Crippen molar-refractivity contribution in [3.8, 4) is 27.9 Å². The molecule has 3 heteroatoms. The van der Waals surface area contributed by atoms with Crippen LogP contribution in [0.2, 0.25) is 0 Å². The number of rotatable bonds is 6. The van der Waals surface area contributed by atoms with E-state index in [0.717, 1.165) is 61.2 Å². The van der Waals surface area contributed by atoms with Crippen molar-refractivity contribution in [2.24, 2.45) is 0 Å². The number of furan rings is 1. The molecule has 0 saturated carbocycles. The molecule has 0 spiro atoms. The summed E-state index contributed by atoms with van der Waals surface area (Å²) in [5, 5.41) is 12.0. The van der Waals surface area contributed by atoms with Gasteiger partial charge in [-0.05, 0) is 104 Å². The Hall–Kier alpha value is -8.40. The van der Waals surface area contributed by atoms with E-state index in [9.17, 15) is 0 Å². The lowest BCUT2D eigenvalue weighted by molar-refractivity contribution is 0.673. The van der Waals surface area contributed by atoms with Crippen molar-refractivity contribution in [1.82, 2.24) is 4.57 Å². The molecule has 0 N–H and O–H groups in total. The molecule has 2 heterocycles.